The smallest absolute Gasteiger partial charge is 0.258 e. The predicted molar refractivity (Wildman–Crippen MR) is 121 cm³/mol. The summed E-state index contributed by atoms with van der Waals surface area (Å²) in [6.07, 6.45) is 1.75. The van der Waals surface area contributed by atoms with Crippen molar-refractivity contribution in [2.24, 2.45) is 0 Å². The van der Waals surface area contributed by atoms with Gasteiger partial charge in [-0.1, -0.05) is 90.5 Å². The molecule has 4 aromatic rings. The highest BCUT2D eigenvalue weighted by molar-refractivity contribution is 5.96. The van der Waals surface area contributed by atoms with Crippen LogP contribution in [0.25, 0.3) is 0 Å². The van der Waals surface area contributed by atoms with Crippen LogP contribution >= 0.6 is 0 Å². The van der Waals surface area contributed by atoms with Gasteiger partial charge in [-0.3, -0.25) is 9.48 Å². The van der Waals surface area contributed by atoms with E-state index < -0.39 is 0 Å². The summed E-state index contributed by atoms with van der Waals surface area (Å²) in [5, 5.41) is 7.52. The van der Waals surface area contributed by atoms with E-state index >= 15 is 0 Å². The summed E-state index contributed by atoms with van der Waals surface area (Å²) in [7, 11) is 0. The molecule has 1 amide bonds. The first-order valence-corrected chi connectivity index (χ1v) is 10.3. The van der Waals surface area contributed by atoms with Crippen molar-refractivity contribution in [3.05, 3.63) is 119 Å². The second kappa shape index (κ2) is 9.76. The average Bonchev–Trinajstić information content (AvgIpc) is 3.21. The Labute approximate surface area is 182 Å². The first kappa shape index (κ1) is 20.4. The number of carbonyl (C=O) groups is 1. The van der Waals surface area contributed by atoms with E-state index in [2.05, 4.69) is 10.4 Å². The zero-order valence-corrected chi connectivity index (χ0v) is 17.5. The molecule has 0 aliphatic heterocycles. The second-order valence-electron chi connectivity index (χ2n) is 7.47. The number of hydrogen-bond acceptors (Lipinski definition) is 3. The highest BCUT2D eigenvalue weighted by Gasteiger charge is 2.18. The average molecular weight is 412 g/mol. The number of ether oxygens (including phenoxy) is 1. The molecular weight excluding hydrogens is 386 g/mol. The van der Waals surface area contributed by atoms with Gasteiger partial charge in [0.2, 0.25) is 5.88 Å². The van der Waals surface area contributed by atoms with Crippen LogP contribution in [0.1, 0.15) is 32.6 Å². The van der Waals surface area contributed by atoms with Crippen LogP contribution in [0.4, 0.5) is 0 Å². The lowest BCUT2D eigenvalue weighted by atomic mass is 10.1. The standard InChI is InChI=1S/C26H25N3O2/c1-20-12-14-21(15-13-20)16-27-25(30)24-18-29(17-22-8-4-2-5-9-22)28-26(24)31-19-23-10-6-3-7-11-23/h2-15,18H,16-17,19H2,1H3,(H,27,30). The minimum absolute atomic E-state index is 0.206. The molecule has 1 N–H and O–H groups in total. The molecule has 0 aliphatic carbocycles. The van der Waals surface area contributed by atoms with Crippen LogP contribution in [-0.4, -0.2) is 15.7 Å². The summed E-state index contributed by atoms with van der Waals surface area (Å²) in [5.41, 5.74) is 4.78. The number of aryl methyl sites for hydroxylation is 1. The molecule has 0 spiro atoms. The lowest BCUT2D eigenvalue weighted by molar-refractivity contribution is 0.0946. The van der Waals surface area contributed by atoms with E-state index in [4.69, 9.17) is 4.74 Å². The summed E-state index contributed by atoms with van der Waals surface area (Å²) >= 11 is 0. The number of carbonyl (C=O) groups excluding carboxylic acids is 1. The van der Waals surface area contributed by atoms with Gasteiger partial charge < -0.3 is 10.1 Å². The molecule has 0 saturated carbocycles. The molecule has 0 bridgehead atoms. The van der Waals surface area contributed by atoms with Crippen molar-refractivity contribution in [3.8, 4) is 5.88 Å². The van der Waals surface area contributed by atoms with Crippen molar-refractivity contribution in [2.45, 2.75) is 26.6 Å². The Morgan fingerprint density at radius 2 is 1.52 bits per heavy atom. The van der Waals surface area contributed by atoms with Gasteiger partial charge in [-0.05, 0) is 23.6 Å². The number of rotatable bonds is 8. The fourth-order valence-corrected chi connectivity index (χ4v) is 3.23. The van der Waals surface area contributed by atoms with E-state index in [1.54, 1.807) is 10.9 Å². The van der Waals surface area contributed by atoms with Gasteiger partial charge >= 0.3 is 0 Å². The number of aromatic nitrogens is 2. The number of hydrogen-bond donors (Lipinski definition) is 1. The Balaban J connectivity index is 1.51. The molecule has 0 aliphatic rings. The van der Waals surface area contributed by atoms with Crippen molar-refractivity contribution >= 4 is 5.91 Å². The molecule has 5 nitrogen and oxygen atoms in total. The van der Waals surface area contributed by atoms with Gasteiger partial charge in [0.25, 0.3) is 5.91 Å². The molecule has 5 heteroatoms. The first-order valence-electron chi connectivity index (χ1n) is 10.3. The van der Waals surface area contributed by atoms with Crippen LogP contribution < -0.4 is 10.1 Å². The van der Waals surface area contributed by atoms with Gasteiger partial charge in [-0.25, -0.2) is 0 Å². The molecule has 1 heterocycles. The zero-order chi connectivity index (χ0) is 21.5. The zero-order valence-electron chi connectivity index (χ0n) is 17.5. The topological polar surface area (TPSA) is 56.2 Å². The van der Waals surface area contributed by atoms with E-state index in [0.29, 0.717) is 31.1 Å². The van der Waals surface area contributed by atoms with Crippen LogP contribution in [-0.2, 0) is 19.7 Å². The van der Waals surface area contributed by atoms with Gasteiger partial charge in [-0.2, -0.15) is 0 Å². The van der Waals surface area contributed by atoms with Crippen molar-refractivity contribution in [2.75, 3.05) is 0 Å². The minimum Gasteiger partial charge on any atom is -0.471 e. The molecule has 0 fully saturated rings. The number of amides is 1. The second-order valence-corrected chi connectivity index (χ2v) is 7.47. The number of benzene rings is 3. The van der Waals surface area contributed by atoms with E-state index in [9.17, 15) is 4.79 Å². The molecule has 156 valence electrons. The fourth-order valence-electron chi connectivity index (χ4n) is 3.23. The van der Waals surface area contributed by atoms with Gasteiger partial charge in [-0.15, -0.1) is 5.10 Å². The third-order valence-electron chi connectivity index (χ3n) is 4.95. The van der Waals surface area contributed by atoms with E-state index in [1.807, 2.05) is 91.9 Å². The molecule has 3 aromatic carbocycles. The largest absolute Gasteiger partial charge is 0.471 e. The van der Waals surface area contributed by atoms with Crippen LogP contribution in [0.3, 0.4) is 0 Å². The Morgan fingerprint density at radius 1 is 0.871 bits per heavy atom. The maximum Gasteiger partial charge on any atom is 0.258 e. The summed E-state index contributed by atoms with van der Waals surface area (Å²) in [6.45, 7) is 3.40. The Morgan fingerprint density at radius 3 is 2.19 bits per heavy atom. The molecule has 0 atom stereocenters. The lowest BCUT2D eigenvalue weighted by Crippen LogP contribution is -2.23. The van der Waals surface area contributed by atoms with E-state index in [1.165, 1.54) is 5.56 Å². The quantitative estimate of drug-likeness (QED) is 0.455. The third-order valence-corrected chi connectivity index (χ3v) is 4.95. The number of nitrogens with one attached hydrogen (secondary N) is 1. The fraction of sp³-hybridized carbons (Fsp3) is 0.154. The summed E-state index contributed by atoms with van der Waals surface area (Å²) in [5.74, 6) is 0.129. The maximum atomic E-state index is 12.9. The van der Waals surface area contributed by atoms with Crippen LogP contribution in [0, 0.1) is 6.92 Å². The Hall–Kier alpha value is -3.86. The normalized spacial score (nSPS) is 10.6. The molecule has 4 rings (SSSR count). The molecule has 0 radical (unpaired) electrons. The van der Waals surface area contributed by atoms with Crippen LogP contribution in [0.2, 0.25) is 0 Å². The molecule has 0 unspecified atom stereocenters. The minimum atomic E-state index is -0.206. The van der Waals surface area contributed by atoms with Gasteiger partial charge in [0, 0.05) is 12.7 Å². The van der Waals surface area contributed by atoms with E-state index in [-0.39, 0.29) is 5.91 Å². The summed E-state index contributed by atoms with van der Waals surface area (Å²) in [6, 6.07) is 28.0. The summed E-state index contributed by atoms with van der Waals surface area (Å²) < 4.78 is 7.68. The molecule has 1 aromatic heterocycles. The molecule has 0 saturated heterocycles. The monoisotopic (exact) mass is 411 g/mol. The van der Waals surface area contributed by atoms with Crippen molar-refractivity contribution in [3.63, 3.8) is 0 Å². The predicted octanol–water partition coefficient (Wildman–Crippen LogP) is 4.75. The van der Waals surface area contributed by atoms with Gasteiger partial charge in [0.1, 0.15) is 12.2 Å². The third kappa shape index (κ3) is 5.60. The highest BCUT2D eigenvalue weighted by Crippen LogP contribution is 2.19. The van der Waals surface area contributed by atoms with E-state index in [0.717, 1.165) is 16.7 Å². The van der Waals surface area contributed by atoms with Gasteiger partial charge in [0.05, 0.1) is 6.54 Å². The van der Waals surface area contributed by atoms with Crippen molar-refractivity contribution in [1.82, 2.24) is 15.1 Å². The molecule has 31 heavy (non-hydrogen) atoms. The lowest BCUT2D eigenvalue weighted by Gasteiger charge is -2.07. The Kier molecular flexibility index (Phi) is 6.43. The van der Waals surface area contributed by atoms with Crippen LogP contribution in [0.5, 0.6) is 5.88 Å². The van der Waals surface area contributed by atoms with Crippen molar-refractivity contribution in [1.29, 1.82) is 0 Å². The van der Waals surface area contributed by atoms with Crippen molar-refractivity contribution < 1.29 is 9.53 Å². The van der Waals surface area contributed by atoms with Crippen LogP contribution in [0.15, 0.2) is 91.1 Å². The SMILES string of the molecule is Cc1ccc(CNC(=O)c2cn(Cc3ccccc3)nc2OCc2ccccc2)cc1. The highest BCUT2D eigenvalue weighted by atomic mass is 16.5. The van der Waals surface area contributed by atoms with Gasteiger partial charge in [0.15, 0.2) is 0 Å². The number of nitrogens with zero attached hydrogens (tertiary/aromatic N) is 2. The Bertz CT molecular complexity index is 1120. The molecular formula is C26H25N3O2. The maximum absolute atomic E-state index is 12.9. The summed E-state index contributed by atoms with van der Waals surface area (Å²) in [4.78, 5) is 12.9. The first-order chi connectivity index (χ1) is 15.2.